The van der Waals surface area contributed by atoms with Crippen molar-refractivity contribution >= 4 is 11.7 Å². The lowest BCUT2D eigenvalue weighted by Gasteiger charge is -2.23. The molecule has 1 saturated carbocycles. The molecule has 1 aliphatic carbocycles. The molecule has 23 heavy (non-hydrogen) atoms. The van der Waals surface area contributed by atoms with Crippen LogP contribution in [0.15, 0.2) is 36.4 Å². The van der Waals surface area contributed by atoms with E-state index >= 15 is 0 Å². The van der Waals surface area contributed by atoms with Gasteiger partial charge in [-0.15, -0.1) is 0 Å². The van der Waals surface area contributed by atoms with Gasteiger partial charge in [-0.25, -0.2) is 4.79 Å². The first-order valence-electron chi connectivity index (χ1n) is 8.03. The molecule has 2 N–H and O–H groups in total. The normalized spacial score (nSPS) is 20.1. The van der Waals surface area contributed by atoms with Crippen LogP contribution in [0, 0.1) is 5.92 Å². The summed E-state index contributed by atoms with van der Waals surface area (Å²) >= 11 is 0. The lowest BCUT2D eigenvalue weighted by atomic mass is 10.1. The maximum atomic E-state index is 12.3. The van der Waals surface area contributed by atoms with Gasteiger partial charge in [0.25, 0.3) is 0 Å². The summed E-state index contributed by atoms with van der Waals surface area (Å²) in [5.41, 5.74) is 1.63. The molecule has 1 aliphatic rings. The van der Waals surface area contributed by atoms with Gasteiger partial charge in [0, 0.05) is 31.3 Å². The van der Waals surface area contributed by atoms with Crippen LogP contribution in [0.1, 0.15) is 26.2 Å². The summed E-state index contributed by atoms with van der Waals surface area (Å²) in [6.45, 7) is 6.72. The average molecular weight is 318 g/mol. The summed E-state index contributed by atoms with van der Waals surface area (Å²) in [6, 6.07) is 7.12. The van der Waals surface area contributed by atoms with Crippen LogP contribution in [0.3, 0.4) is 0 Å². The molecule has 1 aromatic carbocycles. The van der Waals surface area contributed by atoms with E-state index in [0.717, 1.165) is 24.8 Å². The van der Waals surface area contributed by atoms with E-state index < -0.39 is 0 Å². The quantitative estimate of drug-likeness (QED) is 0.791. The van der Waals surface area contributed by atoms with Crippen LogP contribution >= 0.6 is 0 Å². The molecule has 1 fully saturated rings. The molecule has 0 bridgehead atoms. The third-order valence-electron chi connectivity index (χ3n) is 4.04. The topological polar surface area (TPSA) is 61.8 Å². The Balaban J connectivity index is 1.88. The molecule has 5 nitrogen and oxygen atoms in total. The van der Waals surface area contributed by atoms with Gasteiger partial charge in [-0.2, -0.15) is 0 Å². The zero-order valence-electron chi connectivity index (χ0n) is 13.9. The Hall–Kier alpha value is -2.01. The van der Waals surface area contributed by atoms with Gasteiger partial charge >= 0.3 is 6.03 Å². The number of carbonyl (C=O) groups excluding carboxylic acids is 1. The Bertz CT molecular complexity index is 559. The van der Waals surface area contributed by atoms with E-state index in [1.807, 2.05) is 25.1 Å². The number of nitrogens with zero attached hydrogens (tertiary/aromatic N) is 1. The van der Waals surface area contributed by atoms with E-state index in [2.05, 4.69) is 11.9 Å². The number of aliphatic hydroxyl groups excluding tert-OH is 1. The van der Waals surface area contributed by atoms with E-state index in [1.54, 1.807) is 18.0 Å². The minimum Gasteiger partial charge on any atom is -0.489 e. The number of rotatable bonds is 6. The molecular weight excluding hydrogens is 292 g/mol. The molecule has 2 atom stereocenters. The standard InChI is InChI=1S/C18H26N2O3/c1-13(2)12-23-16-8-5-7-15(10-16)19-18(22)20(3)11-14-6-4-9-17(14)21/h5,7-8,10,14,17,21H,1,4,6,9,11-12H2,2-3H3,(H,19,22). The number of ether oxygens (including phenoxy) is 1. The maximum absolute atomic E-state index is 12.3. The molecule has 1 aromatic rings. The van der Waals surface area contributed by atoms with E-state index in [9.17, 15) is 9.90 Å². The zero-order valence-corrected chi connectivity index (χ0v) is 13.9. The van der Waals surface area contributed by atoms with Crippen molar-refractivity contribution in [3.05, 3.63) is 36.4 Å². The lowest BCUT2D eigenvalue weighted by molar-refractivity contribution is 0.116. The van der Waals surface area contributed by atoms with Crippen molar-refractivity contribution in [3.8, 4) is 5.75 Å². The van der Waals surface area contributed by atoms with Gasteiger partial charge < -0.3 is 20.1 Å². The highest BCUT2D eigenvalue weighted by atomic mass is 16.5. The summed E-state index contributed by atoms with van der Waals surface area (Å²) in [6.07, 6.45) is 2.55. The monoisotopic (exact) mass is 318 g/mol. The fourth-order valence-corrected chi connectivity index (χ4v) is 2.75. The van der Waals surface area contributed by atoms with Crippen molar-refractivity contribution in [1.82, 2.24) is 4.90 Å². The van der Waals surface area contributed by atoms with Crippen molar-refractivity contribution in [2.24, 2.45) is 5.92 Å². The SMILES string of the molecule is C=C(C)COc1cccc(NC(=O)N(C)CC2CCCC2O)c1. The second kappa shape index (κ2) is 8.02. The number of hydrogen-bond acceptors (Lipinski definition) is 3. The Kier molecular flexibility index (Phi) is 6.04. The summed E-state index contributed by atoms with van der Waals surface area (Å²) in [7, 11) is 1.75. The van der Waals surface area contributed by atoms with E-state index in [0.29, 0.717) is 24.6 Å². The molecule has 2 amide bonds. The first-order valence-corrected chi connectivity index (χ1v) is 8.03. The summed E-state index contributed by atoms with van der Waals surface area (Å²) in [5, 5.41) is 12.7. The molecule has 0 radical (unpaired) electrons. The van der Waals surface area contributed by atoms with Gasteiger partial charge in [0.05, 0.1) is 6.10 Å². The number of nitrogens with one attached hydrogen (secondary N) is 1. The van der Waals surface area contributed by atoms with E-state index in [4.69, 9.17) is 4.74 Å². The molecule has 5 heteroatoms. The van der Waals surface area contributed by atoms with Gasteiger partial charge in [0.1, 0.15) is 12.4 Å². The van der Waals surface area contributed by atoms with Crippen LogP contribution in [0.25, 0.3) is 0 Å². The highest BCUT2D eigenvalue weighted by molar-refractivity contribution is 5.89. The van der Waals surface area contributed by atoms with Crippen LogP contribution in [0.4, 0.5) is 10.5 Å². The van der Waals surface area contributed by atoms with Crippen LogP contribution in [-0.4, -0.2) is 42.3 Å². The smallest absolute Gasteiger partial charge is 0.321 e. The Labute approximate surface area is 137 Å². The van der Waals surface area contributed by atoms with Gasteiger partial charge in [0.2, 0.25) is 0 Å². The van der Waals surface area contributed by atoms with Crippen molar-refractivity contribution in [1.29, 1.82) is 0 Å². The number of anilines is 1. The second-order valence-corrected chi connectivity index (χ2v) is 6.34. The number of amides is 2. The minimum absolute atomic E-state index is 0.177. The summed E-state index contributed by atoms with van der Waals surface area (Å²) < 4.78 is 5.57. The average Bonchev–Trinajstić information content (AvgIpc) is 2.90. The molecule has 0 spiro atoms. The van der Waals surface area contributed by atoms with Gasteiger partial charge in [-0.1, -0.05) is 19.1 Å². The predicted molar refractivity (Wildman–Crippen MR) is 91.7 cm³/mol. The molecule has 2 unspecified atom stereocenters. The molecule has 0 aromatic heterocycles. The lowest BCUT2D eigenvalue weighted by Crippen LogP contribution is -2.37. The Morgan fingerprint density at radius 1 is 1.48 bits per heavy atom. The fraction of sp³-hybridized carbons (Fsp3) is 0.500. The number of carbonyl (C=O) groups is 1. The van der Waals surface area contributed by atoms with Gasteiger partial charge in [0.15, 0.2) is 0 Å². The first kappa shape index (κ1) is 17.3. The van der Waals surface area contributed by atoms with Crippen LogP contribution < -0.4 is 10.1 Å². The highest BCUT2D eigenvalue weighted by Crippen LogP contribution is 2.26. The van der Waals surface area contributed by atoms with Crippen LogP contribution in [-0.2, 0) is 0 Å². The number of aliphatic hydroxyl groups is 1. The molecule has 126 valence electrons. The second-order valence-electron chi connectivity index (χ2n) is 6.34. The van der Waals surface area contributed by atoms with Crippen molar-refractivity contribution in [2.75, 3.05) is 25.5 Å². The van der Waals surface area contributed by atoms with Gasteiger partial charge in [-0.05, 0) is 37.5 Å². The molecular formula is C18H26N2O3. The van der Waals surface area contributed by atoms with Crippen LogP contribution in [0.2, 0.25) is 0 Å². The molecule has 2 rings (SSSR count). The maximum Gasteiger partial charge on any atom is 0.321 e. The number of benzene rings is 1. The summed E-state index contributed by atoms with van der Waals surface area (Å²) in [4.78, 5) is 13.9. The number of urea groups is 1. The number of hydrogen-bond donors (Lipinski definition) is 2. The summed E-state index contributed by atoms with van der Waals surface area (Å²) in [5.74, 6) is 0.871. The van der Waals surface area contributed by atoms with Crippen molar-refractivity contribution in [2.45, 2.75) is 32.3 Å². The third kappa shape index (κ3) is 5.28. The van der Waals surface area contributed by atoms with E-state index in [-0.39, 0.29) is 18.1 Å². The predicted octanol–water partition coefficient (Wildman–Crippen LogP) is 3.27. The third-order valence-corrected chi connectivity index (χ3v) is 4.04. The fourth-order valence-electron chi connectivity index (χ4n) is 2.75. The van der Waals surface area contributed by atoms with Crippen molar-refractivity contribution < 1.29 is 14.6 Å². The Morgan fingerprint density at radius 3 is 2.91 bits per heavy atom. The van der Waals surface area contributed by atoms with Crippen LogP contribution in [0.5, 0.6) is 5.75 Å². The zero-order chi connectivity index (χ0) is 16.8. The molecule has 0 heterocycles. The molecule has 0 aliphatic heterocycles. The largest absolute Gasteiger partial charge is 0.489 e. The Morgan fingerprint density at radius 2 is 2.26 bits per heavy atom. The van der Waals surface area contributed by atoms with E-state index in [1.165, 1.54) is 0 Å². The molecule has 0 saturated heterocycles. The van der Waals surface area contributed by atoms with Gasteiger partial charge in [-0.3, -0.25) is 0 Å². The van der Waals surface area contributed by atoms with Crippen molar-refractivity contribution in [3.63, 3.8) is 0 Å². The first-order chi connectivity index (χ1) is 11.0. The minimum atomic E-state index is -0.288. The highest BCUT2D eigenvalue weighted by Gasteiger charge is 2.27.